The van der Waals surface area contributed by atoms with Crippen LogP contribution in [0.25, 0.3) is 22.5 Å². The van der Waals surface area contributed by atoms with E-state index in [0.29, 0.717) is 28.9 Å². The molecule has 2 heterocycles. The first-order valence-corrected chi connectivity index (χ1v) is 10.6. The highest BCUT2D eigenvalue weighted by atomic mass is 32.2. The molecule has 0 aliphatic rings. The zero-order valence-corrected chi connectivity index (χ0v) is 17.5. The molecule has 0 spiro atoms. The van der Waals surface area contributed by atoms with Gasteiger partial charge < -0.3 is 8.83 Å². The third-order valence-electron chi connectivity index (χ3n) is 4.45. The van der Waals surface area contributed by atoms with Gasteiger partial charge in [-0.2, -0.15) is 5.26 Å². The number of carbonyl (C=O) groups excluding carboxylic acids is 1. The van der Waals surface area contributed by atoms with Gasteiger partial charge >= 0.3 is 0 Å². The second kappa shape index (κ2) is 9.32. The molecule has 0 aliphatic heterocycles. The van der Waals surface area contributed by atoms with Gasteiger partial charge in [0.15, 0.2) is 0 Å². The number of furan rings is 1. The summed E-state index contributed by atoms with van der Waals surface area (Å²) in [4.78, 5) is 12.5. The van der Waals surface area contributed by atoms with Crippen LogP contribution in [-0.4, -0.2) is 21.9 Å². The van der Waals surface area contributed by atoms with Gasteiger partial charge in [0.2, 0.25) is 17.7 Å². The molecule has 4 rings (SSSR count). The lowest BCUT2D eigenvalue weighted by atomic mass is 9.98. The van der Waals surface area contributed by atoms with Gasteiger partial charge in [0.05, 0.1) is 5.75 Å². The molecule has 0 saturated carbocycles. The van der Waals surface area contributed by atoms with Crippen LogP contribution in [-0.2, 0) is 11.2 Å². The lowest BCUT2D eigenvalue weighted by molar-refractivity contribution is -0.113. The molecule has 0 atom stereocenters. The van der Waals surface area contributed by atoms with Crippen LogP contribution < -0.4 is 5.32 Å². The van der Waals surface area contributed by atoms with Crippen molar-refractivity contribution in [3.05, 3.63) is 72.1 Å². The number of anilines is 1. The van der Waals surface area contributed by atoms with E-state index in [1.165, 1.54) is 0 Å². The summed E-state index contributed by atoms with van der Waals surface area (Å²) >= 11 is 1.12. The van der Waals surface area contributed by atoms with E-state index in [9.17, 15) is 10.1 Å². The molecule has 31 heavy (non-hydrogen) atoms. The minimum atomic E-state index is -0.342. The number of nitrogens with zero attached hydrogens (tertiary/aromatic N) is 3. The van der Waals surface area contributed by atoms with Crippen molar-refractivity contribution in [3.8, 4) is 28.5 Å². The van der Waals surface area contributed by atoms with Gasteiger partial charge in [0.25, 0.3) is 5.22 Å². The maximum Gasteiger partial charge on any atom is 0.277 e. The van der Waals surface area contributed by atoms with Gasteiger partial charge in [-0.1, -0.05) is 79.3 Å². The van der Waals surface area contributed by atoms with Crippen LogP contribution >= 0.6 is 11.8 Å². The smallest absolute Gasteiger partial charge is 0.277 e. The Morgan fingerprint density at radius 3 is 2.32 bits per heavy atom. The van der Waals surface area contributed by atoms with E-state index in [4.69, 9.17) is 8.83 Å². The molecule has 154 valence electrons. The predicted molar refractivity (Wildman–Crippen MR) is 117 cm³/mol. The van der Waals surface area contributed by atoms with Crippen molar-refractivity contribution >= 4 is 23.6 Å². The molecule has 0 bridgehead atoms. The minimum Gasteiger partial charge on any atom is -0.438 e. The van der Waals surface area contributed by atoms with Crippen LogP contribution in [0.1, 0.15) is 18.4 Å². The second-order valence-corrected chi connectivity index (χ2v) is 7.43. The Bertz CT molecular complexity index is 1230. The molecular weight excluding hydrogens is 412 g/mol. The number of benzene rings is 2. The number of nitriles is 1. The van der Waals surface area contributed by atoms with Gasteiger partial charge in [-0.05, 0) is 5.56 Å². The number of hydrogen-bond acceptors (Lipinski definition) is 7. The normalized spacial score (nSPS) is 10.6. The average molecular weight is 430 g/mol. The molecule has 0 unspecified atom stereocenters. The van der Waals surface area contributed by atoms with Crippen molar-refractivity contribution in [3.63, 3.8) is 0 Å². The maximum atomic E-state index is 12.5. The molecule has 2 aromatic heterocycles. The summed E-state index contributed by atoms with van der Waals surface area (Å²) in [5.74, 6) is 0.853. The van der Waals surface area contributed by atoms with Gasteiger partial charge in [-0.25, -0.2) is 0 Å². The molecule has 8 heteroatoms. The van der Waals surface area contributed by atoms with E-state index in [1.54, 1.807) is 0 Å². The summed E-state index contributed by atoms with van der Waals surface area (Å²) in [6, 6.07) is 21.2. The number of thioether (sulfide) groups is 1. The molecule has 2 aromatic carbocycles. The van der Waals surface area contributed by atoms with Crippen molar-refractivity contribution in [1.82, 2.24) is 10.2 Å². The van der Waals surface area contributed by atoms with E-state index in [2.05, 4.69) is 21.6 Å². The number of nitrogens with one attached hydrogen (secondary N) is 1. The van der Waals surface area contributed by atoms with E-state index in [0.717, 1.165) is 22.9 Å². The molecule has 0 fully saturated rings. The first-order chi connectivity index (χ1) is 15.2. The van der Waals surface area contributed by atoms with E-state index in [-0.39, 0.29) is 23.1 Å². The van der Waals surface area contributed by atoms with Crippen molar-refractivity contribution in [1.29, 1.82) is 5.26 Å². The summed E-state index contributed by atoms with van der Waals surface area (Å²) in [5, 5.41) is 20.7. The van der Waals surface area contributed by atoms with Gasteiger partial charge in [0, 0.05) is 17.5 Å². The summed E-state index contributed by atoms with van der Waals surface area (Å²) < 4.78 is 11.4. The fourth-order valence-electron chi connectivity index (χ4n) is 3.03. The SMILES string of the molecule is CCc1nnc(SCC(=O)Nc2oc(-c3ccccc3)c(-c3ccccc3)c2C#N)o1. The molecule has 0 saturated heterocycles. The van der Waals surface area contributed by atoms with Gasteiger partial charge in [-0.3, -0.25) is 10.1 Å². The van der Waals surface area contributed by atoms with Crippen LogP contribution in [0.5, 0.6) is 0 Å². The predicted octanol–water partition coefficient (Wildman–Crippen LogP) is 5.16. The van der Waals surface area contributed by atoms with Crippen LogP contribution in [0.15, 0.2) is 74.7 Å². The average Bonchev–Trinajstić information content (AvgIpc) is 3.43. The van der Waals surface area contributed by atoms with Crippen molar-refractivity contribution in [2.45, 2.75) is 18.6 Å². The topological polar surface area (TPSA) is 105 Å². The number of hydrogen-bond donors (Lipinski definition) is 1. The Morgan fingerprint density at radius 1 is 1.03 bits per heavy atom. The lowest BCUT2D eigenvalue weighted by Gasteiger charge is -2.03. The highest BCUT2D eigenvalue weighted by molar-refractivity contribution is 7.99. The highest BCUT2D eigenvalue weighted by Crippen LogP contribution is 2.41. The van der Waals surface area contributed by atoms with Crippen molar-refractivity contribution < 1.29 is 13.6 Å². The maximum absolute atomic E-state index is 12.5. The number of carbonyl (C=O) groups is 1. The molecule has 4 aromatic rings. The first kappa shape index (κ1) is 20.4. The zero-order valence-electron chi connectivity index (χ0n) is 16.7. The largest absolute Gasteiger partial charge is 0.438 e. The number of aryl methyl sites for hydroxylation is 1. The minimum absolute atomic E-state index is 0.0399. The van der Waals surface area contributed by atoms with Crippen molar-refractivity contribution in [2.24, 2.45) is 0 Å². The molecule has 1 amide bonds. The highest BCUT2D eigenvalue weighted by Gasteiger charge is 2.24. The third kappa shape index (κ3) is 4.52. The Kier molecular flexibility index (Phi) is 6.15. The van der Waals surface area contributed by atoms with E-state index >= 15 is 0 Å². The fourth-order valence-corrected chi connectivity index (χ4v) is 3.61. The van der Waals surface area contributed by atoms with Crippen LogP contribution in [0, 0.1) is 11.3 Å². The Morgan fingerprint density at radius 2 is 1.71 bits per heavy atom. The third-order valence-corrected chi connectivity index (χ3v) is 5.27. The Labute approximate surface area is 183 Å². The molecule has 0 aliphatic carbocycles. The van der Waals surface area contributed by atoms with Gasteiger partial charge in [-0.15, -0.1) is 10.2 Å². The molecular formula is C23H18N4O3S. The van der Waals surface area contributed by atoms with E-state index in [1.807, 2.05) is 67.6 Å². The summed E-state index contributed by atoms with van der Waals surface area (Å²) in [6.07, 6.45) is 0.627. The number of aromatic nitrogens is 2. The van der Waals surface area contributed by atoms with E-state index < -0.39 is 0 Å². The monoisotopic (exact) mass is 430 g/mol. The summed E-state index contributed by atoms with van der Waals surface area (Å²) in [6.45, 7) is 1.91. The van der Waals surface area contributed by atoms with Gasteiger partial charge in [0.1, 0.15) is 17.4 Å². The van der Waals surface area contributed by atoms with Crippen LogP contribution in [0.4, 0.5) is 5.88 Å². The standard InChI is InChI=1S/C23H18N4O3S/c1-2-19-26-27-23(29-19)31-14-18(28)25-22-17(13-24)20(15-9-5-3-6-10-15)21(30-22)16-11-7-4-8-12-16/h3-12H,2,14H2,1H3,(H,25,28). The summed E-state index contributed by atoms with van der Waals surface area (Å²) in [7, 11) is 0. The Hall–Kier alpha value is -3.83. The van der Waals surface area contributed by atoms with Crippen LogP contribution in [0.3, 0.4) is 0 Å². The van der Waals surface area contributed by atoms with Crippen molar-refractivity contribution in [2.75, 3.05) is 11.1 Å². The molecule has 1 N–H and O–H groups in total. The Balaban J connectivity index is 1.64. The lowest BCUT2D eigenvalue weighted by Crippen LogP contribution is -2.14. The summed E-state index contributed by atoms with van der Waals surface area (Å²) in [5.41, 5.74) is 2.55. The zero-order chi connectivity index (χ0) is 21.6. The molecule has 7 nitrogen and oxygen atoms in total. The molecule has 0 radical (unpaired) electrons. The second-order valence-electron chi connectivity index (χ2n) is 6.51. The number of amides is 1. The first-order valence-electron chi connectivity index (χ1n) is 9.62. The quantitative estimate of drug-likeness (QED) is 0.404. The number of rotatable bonds is 7. The fraction of sp³-hybridized carbons (Fsp3) is 0.130. The van der Waals surface area contributed by atoms with Crippen LogP contribution in [0.2, 0.25) is 0 Å².